The molecule has 0 amide bonds. The maximum Gasteiger partial charge on any atom is 0.215 e. The molecule has 1 N–H and O–H groups in total. The van der Waals surface area contributed by atoms with Gasteiger partial charge in [-0.05, 0) is 26.3 Å². The lowest BCUT2D eigenvalue weighted by molar-refractivity contribution is -0.00805. The summed E-state index contributed by atoms with van der Waals surface area (Å²) in [5, 5.41) is 0. The molecule has 2 heterocycles. The van der Waals surface area contributed by atoms with Gasteiger partial charge in [0, 0.05) is 13.2 Å². The van der Waals surface area contributed by atoms with Crippen LogP contribution in [-0.4, -0.2) is 28.7 Å². The summed E-state index contributed by atoms with van der Waals surface area (Å²) in [6.45, 7) is 6.60. The van der Waals surface area contributed by atoms with Crippen molar-refractivity contribution in [1.29, 1.82) is 0 Å². The van der Waals surface area contributed by atoms with Gasteiger partial charge < -0.3 is 14.5 Å². The van der Waals surface area contributed by atoms with E-state index in [0.717, 1.165) is 17.8 Å². The number of imidazole rings is 1. The van der Waals surface area contributed by atoms with Crippen LogP contribution in [0.15, 0.2) is 12.1 Å². The number of hydrogen-bond acceptors (Lipinski definition) is 4. The summed E-state index contributed by atoms with van der Waals surface area (Å²) in [4.78, 5) is 12.1. The lowest BCUT2D eigenvalue weighted by Gasteiger charge is -2.23. The Labute approximate surface area is 107 Å². The Morgan fingerprint density at radius 1 is 1.28 bits per heavy atom. The van der Waals surface area contributed by atoms with Crippen LogP contribution in [0.4, 0.5) is 0 Å². The van der Waals surface area contributed by atoms with Crippen molar-refractivity contribution in [2.24, 2.45) is 0 Å². The Kier molecular flexibility index (Phi) is 3.52. The number of hydrogen-bond donors (Lipinski definition) is 1. The van der Waals surface area contributed by atoms with Crippen LogP contribution in [0.5, 0.6) is 5.88 Å². The highest BCUT2D eigenvalue weighted by atomic mass is 16.5. The highest BCUT2D eigenvalue weighted by Crippen LogP contribution is 2.27. The van der Waals surface area contributed by atoms with E-state index in [9.17, 15) is 0 Å². The minimum absolute atomic E-state index is 0.410. The summed E-state index contributed by atoms with van der Waals surface area (Å²) in [6, 6.07) is 3.76. The zero-order chi connectivity index (χ0) is 13.2. The lowest BCUT2D eigenvalue weighted by Crippen LogP contribution is -2.24. The van der Waals surface area contributed by atoms with Crippen LogP contribution in [-0.2, 0) is 10.3 Å². The smallest absolute Gasteiger partial charge is 0.215 e. The monoisotopic (exact) mass is 249 g/mol. The largest absolute Gasteiger partial charge is 0.478 e. The Morgan fingerprint density at radius 3 is 2.67 bits per heavy atom. The van der Waals surface area contributed by atoms with E-state index in [2.05, 4.69) is 21.9 Å². The van der Waals surface area contributed by atoms with E-state index >= 15 is 0 Å². The molecular weight excluding hydrogens is 230 g/mol. The third-order valence-electron chi connectivity index (χ3n) is 3.24. The van der Waals surface area contributed by atoms with E-state index in [1.807, 2.05) is 26.0 Å². The molecule has 2 aromatic heterocycles. The molecule has 0 saturated carbocycles. The molecular formula is C13H19N3O2. The number of fused-ring (bicyclic) bond motifs is 1. The second-order valence-corrected chi connectivity index (χ2v) is 4.33. The Balaban J connectivity index is 2.43. The van der Waals surface area contributed by atoms with Crippen LogP contribution in [0, 0.1) is 0 Å². The number of rotatable bonds is 5. The number of H-pyrrole nitrogens is 1. The van der Waals surface area contributed by atoms with Crippen molar-refractivity contribution < 1.29 is 9.47 Å². The average molecular weight is 249 g/mol. The first-order valence-electron chi connectivity index (χ1n) is 6.18. The molecule has 0 fully saturated rings. The van der Waals surface area contributed by atoms with E-state index < -0.39 is 5.60 Å². The standard InChI is InChI=1S/C13H19N3O2/c1-5-13(3,17-4)12-14-9-7-8-10(18-6-2)15-11(9)16-12/h7-8H,5-6H2,1-4H3,(H,14,15,16). The average Bonchev–Trinajstić information content (AvgIpc) is 2.82. The zero-order valence-corrected chi connectivity index (χ0v) is 11.3. The van der Waals surface area contributed by atoms with Crippen LogP contribution < -0.4 is 4.74 Å². The van der Waals surface area contributed by atoms with E-state index in [4.69, 9.17) is 9.47 Å². The van der Waals surface area contributed by atoms with E-state index in [1.165, 1.54) is 0 Å². The molecule has 18 heavy (non-hydrogen) atoms. The van der Waals surface area contributed by atoms with Crippen LogP contribution in [0.2, 0.25) is 0 Å². The summed E-state index contributed by atoms with van der Waals surface area (Å²) in [5.74, 6) is 1.39. The van der Waals surface area contributed by atoms with Gasteiger partial charge in [-0.25, -0.2) is 4.98 Å². The fraction of sp³-hybridized carbons (Fsp3) is 0.538. The maximum absolute atomic E-state index is 5.53. The van der Waals surface area contributed by atoms with Gasteiger partial charge >= 0.3 is 0 Å². The Bertz CT molecular complexity index is 532. The Hall–Kier alpha value is -1.62. The van der Waals surface area contributed by atoms with Gasteiger partial charge in [-0.2, -0.15) is 4.98 Å². The molecule has 0 saturated heterocycles. The van der Waals surface area contributed by atoms with Crippen molar-refractivity contribution in [3.8, 4) is 5.88 Å². The number of aromatic nitrogens is 3. The first-order valence-corrected chi connectivity index (χ1v) is 6.18. The van der Waals surface area contributed by atoms with E-state index in [1.54, 1.807) is 7.11 Å². The number of ether oxygens (including phenoxy) is 2. The summed E-state index contributed by atoms with van der Waals surface area (Å²) >= 11 is 0. The van der Waals surface area contributed by atoms with Gasteiger partial charge in [0.2, 0.25) is 5.88 Å². The predicted octanol–water partition coefficient (Wildman–Crippen LogP) is 2.63. The number of aromatic amines is 1. The van der Waals surface area contributed by atoms with Gasteiger partial charge in [-0.15, -0.1) is 0 Å². The third kappa shape index (κ3) is 2.18. The normalized spacial score (nSPS) is 14.7. The molecule has 1 atom stereocenters. The summed E-state index contributed by atoms with van der Waals surface area (Å²) in [5.41, 5.74) is 1.14. The molecule has 0 aromatic carbocycles. The summed E-state index contributed by atoms with van der Waals surface area (Å²) < 4.78 is 10.9. The molecule has 1 unspecified atom stereocenters. The Morgan fingerprint density at radius 2 is 2.06 bits per heavy atom. The van der Waals surface area contributed by atoms with Crippen molar-refractivity contribution in [2.75, 3.05) is 13.7 Å². The molecule has 98 valence electrons. The van der Waals surface area contributed by atoms with Crippen molar-refractivity contribution >= 4 is 11.2 Å². The second kappa shape index (κ2) is 4.94. The molecule has 0 spiro atoms. The molecule has 0 radical (unpaired) electrons. The fourth-order valence-corrected chi connectivity index (χ4v) is 1.76. The van der Waals surface area contributed by atoms with E-state index in [0.29, 0.717) is 18.1 Å². The fourth-order valence-electron chi connectivity index (χ4n) is 1.76. The van der Waals surface area contributed by atoms with Crippen molar-refractivity contribution in [2.45, 2.75) is 32.8 Å². The summed E-state index contributed by atoms with van der Waals surface area (Å²) in [6.07, 6.45) is 0.835. The zero-order valence-electron chi connectivity index (χ0n) is 11.3. The minimum Gasteiger partial charge on any atom is -0.478 e. The van der Waals surface area contributed by atoms with Gasteiger partial charge in [-0.3, -0.25) is 0 Å². The number of pyridine rings is 1. The third-order valence-corrected chi connectivity index (χ3v) is 3.24. The van der Waals surface area contributed by atoms with Gasteiger partial charge in [0.25, 0.3) is 0 Å². The lowest BCUT2D eigenvalue weighted by atomic mass is 10.0. The minimum atomic E-state index is -0.410. The van der Waals surface area contributed by atoms with Crippen molar-refractivity contribution in [3.05, 3.63) is 18.0 Å². The van der Waals surface area contributed by atoms with Crippen LogP contribution in [0.1, 0.15) is 33.0 Å². The molecule has 2 rings (SSSR count). The number of nitrogens with one attached hydrogen (secondary N) is 1. The molecule has 5 nitrogen and oxygen atoms in total. The second-order valence-electron chi connectivity index (χ2n) is 4.33. The predicted molar refractivity (Wildman–Crippen MR) is 69.7 cm³/mol. The topological polar surface area (TPSA) is 60.0 Å². The van der Waals surface area contributed by atoms with Crippen LogP contribution in [0.3, 0.4) is 0 Å². The quantitative estimate of drug-likeness (QED) is 0.885. The highest BCUT2D eigenvalue weighted by molar-refractivity contribution is 5.71. The first kappa shape index (κ1) is 12.8. The number of nitrogens with zero attached hydrogens (tertiary/aromatic N) is 2. The molecule has 2 aromatic rings. The first-order chi connectivity index (χ1) is 8.62. The summed E-state index contributed by atoms with van der Waals surface area (Å²) in [7, 11) is 1.69. The van der Waals surface area contributed by atoms with Gasteiger partial charge in [0.05, 0.1) is 12.1 Å². The van der Waals surface area contributed by atoms with Crippen molar-refractivity contribution in [3.63, 3.8) is 0 Å². The highest BCUT2D eigenvalue weighted by Gasteiger charge is 2.28. The van der Waals surface area contributed by atoms with Crippen LogP contribution in [0.25, 0.3) is 11.2 Å². The van der Waals surface area contributed by atoms with E-state index in [-0.39, 0.29) is 0 Å². The molecule has 0 aliphatic rings. The SMILES string of the molecule is CCOc1ccc2[nH]c(C(C)(CC)OC)nc2n1. The molecule has 0 aliphatic carbocycles. The number of methoxy groups -OCH3 is 1. The maximum atomic E-state index is 5.53. The van der Waals surface area contributed by atoms with Gasteiger partial charge in [-0.1, -0.05) is 6.92 Å². The van der Waals surface area contributed by atoms with Gasteiger partial charge in [0.1, 0.15) is 11.4 Å². The molecule has 5 heteroatoms. The molecule has 0 bridgehead atoms. The van der Waals surface area contributed by atoms with Crippen LogP contribution >= 0.6 is 0 Å². The van der Waals surface area contributed by atoms with Gasteiger partial charge in [0.15, 0.2) is 5.65 Å². The van der Waals surface area contributed by atoms with Crippen molar-refractivity contribution in [1.82, 2.24) is 15.0 Å². The molecule has 0 aliphatic heterocycles.